The molecule has 2 aromatic rings. The number of amides is 2. The van der Waals surface area contributed by atoms with Crippen LogP contribution in [0, 0.1) is 5.41 Å². The molecule has 1 aromatic heterocycles. The van der Waals surface area contributed by atoms with Crippen LogP contribution < -0.4 is 10.6 Å². The lowest BCUT2D eigenvalue weighted by Gasteiger charge is -2.29. The van der Waals surface area contributed by atoms with Crippen LogP contribution in [0.25, 0.3) is 11.4 Å². The maximum Gasteiger partial charge on any atom is 0.272 e. The number of imidazole rings is 1. The van der Waals surface area contributed by atoms with Crippen molar-refractivity contribution in [3.63, 3.8) is 0 Å². The lowest BCUT2D eigenvalue weighted by atomic mass is 9.86. The van der Waals surface area contributed by atoms with E-state index in [1.54, 1.807) is 7.05 Å². The number of benzene rings is 1. The van der Waals surface area contributed by atoms with Gasteiger partial charge in [-0.3, -0.25) is 9.59 Å². The summed E-state index contributed by atoms with van der Waals surface area (Å²) in [5.41, 5.74) is 1.53. The molecule has 1 atom stereocenters. The van der Waals surface area contributed by atoms with Crippen LogP contribution in [0.1, 0.15) is 43.4 Å². The Morgan fingerprint density at radius 2 is 1.90 bits per heavy atom. The Labute approximate surface area is 182 Å². The molecular weight excluding hydrogens is 402 g/mol. The number of nitrogens with one attached hydrogen (secondary N) is 2. The van der Waals surface area contributed by atoms with E-state index in [9.17, 15) is 9.59 Å². The molecule has 1 aliphatic heterocycles. The van der Waals surface area contributed by atoms with Gasteiger partial charge in [0.25, 0.3) is 5.91 Å². The molecule has 2 heterocycles. The van der Waals surface area contributed by atoms with E-state index in [0.717, 1.165) is 30.8 Å². The van der Waals surface area contributed by atoms with E-state index in [0.29, 0.717) is 23.1 Å². The van der Waals surface area contributed by atoms with Crippen LogP contribution in [-0.2, 0) is 17.9 Å². The molecular formula is C22H30ClN5O2. The summed E-state index contributed by atoms with van der Waals surface area (Å²) < 4.78 is 2.09. The summed E-state index contributed by atoms with van der Waals surface area (Å²) in [6, 6.07) is 6.84. The molecule has 3 rings (SSSR count). The van der Waals surface area contributed by atoms with Crippen LogP contribution in [0.5, 0.6) is 0 Å². The Bertz CT molecular complexity index is 947. The van der Waals surface area contributed by atoms with Crippen LogP contribution >= 0.6 is 11.6 Å². The Hall–Kier alpha value is -2.38. The molecule has 0 fully saturated rings. The highest BCUT2D eigenvalue weighted by molar-refractivity contribution is 6.33. The Kier molecular flexibility index (Phi) is 6.53. The largest absolute Gasteiger partial charge is 0.357 e. The standard InChI is InChI=1S/C22H30ClN5O2/c1-22(2,3)18(21(30)24-4)26-20(29)17-16-13-27(5)11-8-12-28(16)19(25-17)14-9-6-7-10-15(14)23/h6-7,9-10,18H,8,11-13H2,1-5H3,(H,24,30)(H,26,29)/t18-/m1/s1. The smallest absolute Gasteiger partial charge is 0.272 e. The predicted octanol–water partition coefficient (Wildman–Crippen LogP) is 2.93. The van der Waals surface area contributed by atoms with Gasteiger partial charge in [-0.05, 0) is 37.6 Å². The summed E-state index contributed by atoms with van der Waals surface area (Å²) >= 11 is 6.45. The average Bonchev–Trinajstić information content (AvgIpc) is 2.91. The molecule has 2 amide bonds. The SMILES string of the molecule is CNC(=O)[C@@H](NC(=O)c1nc(-c2ccccc2Cl)n2c1CN(C)CCC2)C(C)(C)C. The van der Waals surface area contributed by atoms with Crippen LogP contribution in [-0.4, -0.2) is 52.9 Å². The minimum atomic E-state index is -0.681. The van der Waals surface area contributed by atoms with E-state index in [4.69, 9.17) is 16.6 Å². The third-order valence-corrected chi connectivity index (χ3v) is 5.72. The highest BCUT2D eigenvalue weighted by Gasteiger charge is 2.34. The molecule has 2 N–H and O–H groups in total. The molecule has 0 saturated heterocycles. The van der Waals surface area contributed by atoms with Gasteiger partial charge in [0, 0.05) is 25.7 Å². The Balaban J connectivity index is 2.07. The summed E-state index contributed by atoms with van der Waals surface area (Å²) in [5.74, 6) is 0.101. The fourth-order valence-corrected chi connectivity index (χ4v) is 3.99. The van der Waals surface area contributed by atoms with E-state index < -0.39 is 11.5 Å². The van der Waals surface area contributed by atoms with Crippen LogP contribution in [0.3, 0.4) is 0 Å². The van der Waals surface area contributed by atoms with Gasteiger partial charge < -0.3 is 20.1 Å². The number of rotatable bonds is 4. The topological polar surface area (TPSA) is 79.3 Å². The molecule has 0 unspecified atom stereocenters. The zero-order valence-electron chi connectivity index (χ0n) is 18.3. The number of hydrogen-bond donors (Lipinski definition) is 2. The molecule has 162 valence electrons. The maximum absolute atomic E-state index is 13.3. The van der Waals surface area contributed by atoms with Crippen molar-refractivity contribution in [2.24, 2.45) is 5.41 Å². The van der Waals surface area contributed by atoms with Gasteiger partial charge in [-0.15, -0.1) is 0 Å². The molecule has 0 saturated carbocycles. The van der Waals surface area contributed by atoms with Crippen LogP contribution in [0.4, 0.5) is 0 Å². The molecule has 0 spiro atoms. The van der Waals surface area contributed by atoms with Crippen molar-refractivity contribution in [1.29, 1.82) is 0 Å². The number of halogens is 1. The number of carbonyl (C=O) groups excluding carboxylic acids is 2. The van der Waals surface area contributed by atoms with E-state index in [1.165, 1.54) is 0 Å². The molecule has 7 nitrogen and oxygen atoms in total. The van der Waals surface area contributed by atoms with Crippen molar-refractivity contribution in [3.8, 4) is 11.4 Å². The van der Waals surface area contributed by atoms with Crippen molar-refractivity contribution in [1.82, 2.24) is 25.1 Å². The fourth-order valence-electron chi connectivity index (χ4n) is 3.77. The summed E-state index contributed by atoms with van der Waals surface area (Å²) in [7, 11) is 3.60. The summed E-state index contributed by atoms with van der Waals surface area (Å²) in [5, 5.41) is 6.14. The lowest BCUT2D eigenvalue weighted by molar-refractivity contribution is -0.124. The summed E-state index contributed by atoms with van der Waals surface area (Å²) in [6.07, 6.45) is 0.946. The number of aromatic nitrogens is 2. The zero-order valence-corrected chi connectivity index (χ0v) is 19.0. The Morgan fingerprint density at radius 1 is 1.20 bits per heavy atom. The molecule has 0 radical (unpaired) electrons. The minimum Gasteiger partial charge on any atom is -0.357 e. The fraction of sp³-hybridized carbons (Fsp3) is 0.500. The van der Waals surface area contributed by atoms with Crippen molar-refractivity contribution < 1.29 is 9.59 Å². The van der Waals surface area contributed by atoms with Gasteiger partial charge in [0.2, 0.25) is 5.91 Å². The van der Waals surface area contributed by atoms with Gasteiger partial charge in [0.1, 0.15) is 11.9 Å². The molecule has 30 heavy (non-hydrogen) atoms. The first kappa shape index (κ1) is 22.3. The van der Waals surface area contributed by atoms with E-state index >= 15 is 0 Å². The van der Waals surface area contributed by atoms with Crippen LogP contribution in [0.15, 0.2) is 24.3 Å². The van der Waals surface area contributed by atoms with Crippen molar-refractivity contribution in [2.75, 3.05) is 20.6 Å². The number of nitrogens with zero attached hydrogens (tertiary/aromatic N) is 3. The zero-order chi connectivity index (χ0) is 22.1. The monoisotopic (exact) mass is 431 g/mol. The first-order valence-electron chi connectivity index (χ1n) is 10.2. The minimum absolute atomic E-state index is 0.232. The molecule has 1 aliphatic rings. The third-order valence-electron chi connectivity index (χ3n) is 5.39. The van der Waals surface area contributed by atoms with Crippen molar-refractivity contribution >= 4 is 23.4 Å². The van der Waals surface area contributed by atoms with Crippen LogP contribution in [0.2, 0.25) is 5.02 Å². The second kappa shape index (κ2) is 8.78. The number of fused-ring (bicyclic) bond motifs is 1. The second-order valence-electron chi connectivity index (χ2n) is 8.84. The van der Waals surface area contributed by atoms with Gasteiger partial charge >= 0.3 is 0 Å². The normalized spacial score (nSPS) is 15.8. The van der Waals surface area contributed by atoms with Gasteiger partial charge in [-0.1, -0.05) is 44.5 Å². The first-order valence-corrected chi connectivity index (χ1v) is 10.6. The summed E-state index contributed by atoms with van der Waals surface area (Å²) in [4.78, 5) is 32.6. The second-order valence-corrected chi connectivity index (χ2v) is 9.25. The number of carbonyl (C=O) groups is 2. The average molecular weight is 432 g/mol. The highest BCUT2D eigenvalue weighted by Crippen LogP contribution is 2.31. The maximum atomic E-state index is 13.3. The Morgan fingerprint density at radius 3 is 2.53 bits per heavy atom. The van der Waals surface area contributed by atoms with E-state index in [2.05, 4.69) is 20.1 Å². The summed E-state index contributed by atoms with van der Waals surface area (Å²) in [6.45, 7) is 8.03. The quantitative estimate of drug-likeness (QED) is 0.780. The third kappa shape index (κ3) is 4.52. The van der Waals surface area contributed by atoms with Crippen molar-refractivity contribution in [3.05, 3.63) is 40.7 Å². The lowest BCUT2D eigenvalue weighted by Crippen LogP contribution is -2.53. The first-order chi connectivity index (χ1) is 14.1. The van der Waals surface area contributed by atoms with Gasteiger partial charge in [0.15, 0.2) is 5.69 Å². The molecule has 1 aromatic carbocycles. The van der Waals surface area contributed by atoms with E-state index in [1.807, 2.05) is 52.1 Å². The number of likely N-dealkylation sites (N-methyl/N-ethyl adjacent to an activating group) is 1. The predicted molar refractivity (Wildman–Crippen MR) is 118 cm³/mol. The molecule has 0 aliphatic carbocycles. The van der Waals surface area contributed by atoms with E-state index in [-0.39, 0.29) is 11.8 Å². The van der Waals surface area contributed by atoms with Gasteiger partial charge in [-0.25, -0.2) is 4.98 Å². The van der Waals surface area contributed by atoms with Gasteiger partial charge in [0.05, 0.1) is 10.7 Å². The van der Waals surface area contributed by atoms with Crippen molar-refractivity contribution in [2.45, 2.75) is 46.3 Å². The molecule has 8 heteroatoms. The highest BCUT2D eigenvalue weighted by atomic mass is 35.5. The number of hydrogen-bond acceptors (Lipinski definition) is 4. The van der Waals surface area contributed by atoms with Gasteiger partial charge in [-0.2, -0.15) is 0 Å². The molecule has 0 bridgehead atoms.